The maximum absolute atomic E-state index is 12.8. The van der Waals surface area contributed by atoms with Gasteiger partial charge in [-0.05, 0) is 30.3 Å². The largest absolute Gasteiger partial charge is 0.416 e. The lowest BCUT2D eigenvalue weighted by Crippen LogP contribution is -2.10. The quantitative estimate of drug-likeness (QED) is 0.621. The van der Waals surface area contributed by atoms with E-state index in [0.29, 0.717) is 18.9 Å². The topological polar surface area (TPSA) is 62.7 Å². The Bertz CT molecular complexity index is 903. The maximum Gasteiger partial charge on any atom is 0.416 e. The van der Waals surface area contributed by atoms with E-state index in [1.165, 1.54) is 18.3 Å². The molecule has 0 unspecified atom stereocenters. The number of benzene rings is 1. The van der Waals surface area contributed by atoms with E-state index >= 15 is 0 Å². The number of alkyl halides is 3. The van der Waals surface area contributed by atoms with Crippen molar-refractivity contribution >= 4 is 29.1 Å². The zero-order chi connectivity index (χ0) is 19.3. The van der Waals surface area contributed by atoms with Crippen LogP contribution in [0.5, 0.6) is 0 Å². The molecule has 0 bridgehead atoms. The number of aromatic nitrogens is 3. The van der Waals surface area contributed by atoms with Crippen LogP contribution < -0.4 is 10.6 Å². The first-order chi connectivity index (χ1) is 12.9. The van der Waals surface area contributed by atoms with Crippen molar-refractivity contribution in [3.05, 3.63) is 71.1 Å². The van der Waals surface area contributed by atoms with E-state index in [2.05, 4.69) is 25.6 Å². The van der Waals surface area contributed by atoms with Gasteiger partial charge in [0.05, 0.1) is 11.8 Å². The van der Waals surface area contributed by atoms with Crippen LogP contribution >= 0.6 is 11.6 Å². The van der Waals surface area contributed by atoms with Crippen molar-refractivity contribution in [2.45, 2.75) is 12.6 Å². The second-order valence-corrected chi connectivity index (χ2v) is 6.00. The van der Waals surface area contributed by atoms with Crippen LogP contribution in [0.3, 0.4) is 0 Å². The number of nitrogens with zero attached hydrogens (tertiary/aromatic N) is 3. The zero-order valence-electron chi connectivity index (χ0n) is 14.0. The summed E-state index contributed by atoms with van der Waals surface area (Å²) < 4.78 is 38.5. The lowest BCUT2D eigenvalue weighted by atomic mass is 10.2. The smallest absolute Gasteiger partial charge is 0.354 e. The van der Waals surface area contributed by atoms with Gasteiger partial charge in [-0.3, -0.25) is 4.98 Å². The van der Waals surface area contributed by atoms with E-state index in [1.807, 2.05) is 18.2 Å². The number of pyridine rings is 1. The Morgan fingerprint density at radius 1 is 1.04 bits per heavy atom. The van der Waals surface area contributed by atoms with Crippen molar-refractivity contribution in [2.24, 2.45) is 0 Å². The average Bonchev–Trinajstić information content (AvgIpc) is 2.65. The van der Waals surface area contributed by atoms with E-state index < -0.39 is 11.7 Å². The molecule has 3 aromatic rings. The van der Waals surface area contributed by atoms with Gasteiger partial charge in [-0.25, -0.2) is 4.98 Å². The third kappa shape index (κ3) is 5.30. The second-order valence-electron chi connectivity index (χ2n) is 5.59. The summed E-state index contributed by atoms with van der Waals surface area (Å²) in [6, 6.07) is 10.5. The van der Waals surface area contributed by atoms with Crippen LogP contribution in [0.2, 0.25) is 5.02 Å². The van der Waals surface area contributed by atoms with E-state index in [0.717, 1.165) is 17.8 Å². The van der Waals surface area contributed by atoms with Gasteiger partial charge in [0, 0.05) is 30.5 Å². The predicted octanol–water partition coefficient (Wildman–Crippen LogP) is 4.94. The minimum absolute atomic E-state index is 0.197. The van der Waals surface area contributed by atoms with Crippen molar-refractivity contribution in [1.82, 2.24) is 15.0 Å². The first-order valence-electron chi connectivity index (χ1n) is 8.02. The van der Waals surface area contributed by atoms with Gasteiger partial charge in [0.2, 0.25) is 5.95 Å². The van der Waals surface area contributed by atoms with Crippen LogP contribution in [0.15, 0.2) is 54.9 Å². The van der Waals surface area contributed by atoms with Crippen LogP contribution in [-0.2, 0) is 12.6 Å². The summed E-state index contributed by atoms with van der Waals surface area (Å²) >= 11 is 6.06. The molecule has 0 aliphatic carbocycles. The fourth-order valence-corrected chi connectivity index (χ4v) is 2.44. The van der Waals surface area contributed by atoms with Crippen molar-refractivity contribution in [2.75, 3.05) is 17.2 Å². The number of nitrogens with one attached hydrogen (secondary N) is 2. The number of rotatable bonds is 6. The van der Waals surface area contributed by atoms with E-state index in [1.54, 1.807) is 6.20 Å². The highest BCUT2D eigenvalue weighted by atomic mass is 35.5. The second kappa shape index (κ2) is 8.22. The molecule has 0 amide bonds. The number of halogens is 4. The molecule has 0 aliphatic heterocycles. The summed E-state index contributed by atoms with van der Waals surface area (Å²) in [5.74, 6) is 0.524. The molecule has 0 fully saturated rings. The molecular formula is C18H15ClF3N5. The summed E-state index contributed by atoms with van der Waals surface area (Å²) in [6.07, 6.45) is -0.659. The van der Waals surface area contributed by atoms with Crippen LogP contribution in [-0.4, -0.2) is 21.5 Å². The molecule has 0 atom stereocenters. The fraction of sp³-hybridized carbons (Fsp3) is 0.167. The molecule has 1 aromatic carbocycles. The maximum atomic E-state index is 12.8. The van der Waals surface area contributed by atoms with Gasteiger partial charge in [-0.15, -0.1) is 0 Å². The molecule has 27 heavy (non-hydrogen) atoms. The molecule has 0 saturated heterocycles. The van der Waals surface area contributed by atoms with Gasteiger partial charge < -0.3 is 10.6 Å². The first kappa shape index (κ1) is 18.9. The minimum Gasteiger partial charge on any atom is -0.354 e. The average molecular weight is 394 g/mol. The molecule has 0 saturated carbocycles. The SMILES string of the molecule is FC(F)(F)c1cccc(Nc2nc(NCCc3ccccn3)ncc2Cl)c1. The molecule has 2 heterocycles. The molecule has 2 aromatic heterocycles. The number of anilines is 3. The van der Waals surface area contributed by atoms with Crippen LogP contribution in [0.4, 0.5) is 30.6 Å². The molecule has 0 aliphatic rings. The number of hydrogen-bond acceptors (Lipinski definition) is 5. The minimum atomic E-state index is -4.43. The van der Waals surface area contributed by atoms with Crippen LogP contribution in [0, 0.1) is 0 Å². The van der Waals surface area contributed by atoms with Crippen LogP contribution in [0.25, 0.3) is 0 Å². The lowest BCUT2D eigenvalue weighted by molar-refractivity contribution is -0.137. The first-order valence-corrected chi connectivity index (χ1v) is 8.40. The Morgan fingerprint density at radius 3 is 2.63 bits per heavy atom. The summed E-state index contributed by atoms with van der Waals surface area (Å²) in [5.41, 5.74) is 0.387. The van der Waals surface area contributed by atoms with Crippen molar-refractivity contribution in [3.63, 3.8) is 0 Å². The Morgan fingerprint density at radius 2 is 1.89 bits per heavy atom. The van der Waals surface area contributed by atoms with Gasteiger partial charge in [-0.1, -0.05) is 23.7 Å². The predicted molar refractivity (Wildman–Crippen MR) is 98.2 cm³/mol. The summed E-state index contributed by atoms with van der Waals surface area (Å²) in [4.78, 5) is 12.5. The monoisotopic (exact) mass is 393 g/mol. The molecular weight excluding hydrogens is 379 g/mol. The van der Waals surface area contributed by atoms with Crippen molar-refractivity contribution in [3.8, 4) is 0 Å². The van der Waals surface area contributed by atoms with E-state index in [-0.39, 0.29) is 16.5 Å². The molecule has 2 N–H and O–H groups in total. The normalized spacial score (nSPS) is 11.3. The van der Waals surface area contributed by atoms with Gasteiger partial charge >= 0.3 is 6.18 Å². The molecule has 140 valence electrons. The van der Waals surface area contributed by atoms with Gasteiger partial charge in [0.15, 0.2) is 5.82 Å². The Balaban J connectivity index is 1.68. The molecule has 3 rings (SSSR count). The van der Waals surface area contributed by atoms with Crippen molar-refractivity contribution in [1.29, 1.82) is 0 Å². The van der Waals surface area contributed by atoms with Crippen molar-refractivity contribution < 1.29 is 13.2 Å². The molecule has 0 spiro atoms. The lowest BCUT2D eigenvalue weighted by Gasteiger charge is -2.12. The van der Waals surface area contributed by atoms with Gasteiger partial charge in [0.1, 0.15) is 5.02 Å². The summed E-state index contributed by atoms with van der Waals surface area (Å²) in [5, 5.41) is 6.04. The van der Waals surface area contributed by atoms with Gasteiger partial charge in [0.25, 0.3) is 0 Å². The standard InChI is InChI=1S/C18H15ClF3N5/c19-15-11-25-17(24-9-7-13-5-1-2-8-23-13)27-16(15)26-14-6-3-4-12(10-14)18(20,21)22/h1-6,8,10-11H,7,9H2,(H2,24,25,26,27). The molecule has 0 radical (unpaired) electrons. The Hall–Kier alpha value is -2.87. The molecule has 9 heteroatoms. The van der Waals surface area contributed by atoms with Crippen LogP contribution in [0.1, 0.15) is 11.3 Å². The Kier molecular flexibility index (Phi) is 5.75. The van der Waals surface area contributed by atoms with E-state index in [9.17, 15) is 13.2 Å². The zero-order valence-corrected chi connectivity index (χ0v) is 14.7. The highest BCUT2D eigenvalue weighted by Crippen LogP contribution is 2.32. The van der Waals surface area contributed by atoms with E-state index in [4.69, 9.17) is 11.6 Å². The molecule has 5 nitrogen and oxygen atoms in total. The summed E-state index contributed by atoms with van der Waals surface area (Å²) in [7, 11) is 0. The highest BCUT2D eigenvalue weighted by molar-refractivity contribution is 6.32. The third-order valence-corrected chi connectivity index (χ3v) is 3.86. The van der Waals surface area contributed by atoms with Gasteiger partial charge in [-0.2, -0.15) is 18.2 Å². The summed E-state index contributed by atoms with van der Waals surface area (Å²) in [6.45, 7) is 0.543. The highest BCUT2D eigenvalue weighted by Gasteiger charge is 2.30. The Labute approximate surface area is 158 Å². The fourth-order valence-electron chi connectivity index (χ4n) is 2.30. The third-order valence-electron chi connectivity index (χ3n) is 3.59. The number of hydrogen-bond donors (Lipinski definition) is 2.